The molecule has 0 spiro atoms. The molecule has 0 unspecified atom stereocenters. The number of carbonyl (C=O) groups excluding carboxylic acids is 1. The van der Waals surface area contributed by atoms with Crippen molar-refractivity contribution in [3.05, 3.63) is 87.5 Å². The normalized spacial score (nSPS) is 10.8. The van der Waals surface area contributed by atoms with E-state index in [1.54, 1.807) is 0 Å². The summed E-state index contributed by atoms with van der Waals surface area (Å²) in [6.45, 7) is 0.610. The molecule has 6 heteroatoms. The van der Waals surface area contributed by atoms with Crippen molar-refractivity contribution in [3.8, 4) is 0 Å². The second kappa shape index (κ2) is 7.25. The minimum Gasteiger partial charge on any atom is -0.321 e. The first-order chi connectivity index (χ1) is 12.7. The number of carbonyl (C=O) groups is 1. The van der Waals surface area contributed by atoms with Gasteiger partial charge in [-0.1, -0.05) is 41.6 Å². The smallest absolute Gasteiger partial charge is 0.255 e. The summed E-state index contributed by atoms with van der Waals surface area (Å²) >= 11 is 2.21. The Morgan fingerprint density at radius 2 is 1.69 bits per heavy atom. The van der Waals surface area contributed by atoms with Crippen LogP contribution in [0.1, 0.15) is 15.9 Å². The molecule has 0 atom stereocenters. The van der Waals surface area contributed by atoms with Crippen LogP contribution in [0.2, 0.25) is 0 Å². The van der Waals surface area contributed by atoms with E-state index in [0.29, 0.717) is 12.1 Å². The molecule has 0 radical (unpaired) electrons. The summed E-state index contributed by atoms with van der Waals surface area (Å²) in [5.74, 6) is -0.119. The lowest BCUT2D eigenvalue weighted by atomic mass is 10.1. The van der Waals surface area contributed by atoms with E-state index in [9.17, 15) is 4.79 Å². The van der Waals surface area contributed by atoms with Gasteiger partial charge in [-0.05, 0) is 64.6 Å². The van der Waals surface area contributed by atoms with Crippen LogP contribution in [0.5, 0.6) is 0 Å². The molecule has 1 aromatic heterocycles. The molecule has 0 aliphatic rings. The molecule has 1 amide bonds. The molecule has 3 aromatic carbocycles. The van der Waals surface area contributed by atoms with E-state index in [1.807, 2.05) is 77.5 Å². The summed E-state index contributed by atoms with van der Waals surface area (Å²) in [7, 11) is 0. The van der Waals surface area contributed by atoms with Gasteiger partial charge in [0.15, 0.2) is 0 Å². The number of benzene rings is 3. The van der Waals surface area contributed by atoms with E-state index >= 15 is 0 Å². The minimum absolute atomic E-state index is 0.119. The molecule has 0 aliphatic carbocycles. The lowest BCUT2D eigenvalue weighted by Gasteiger charge is -2.08. The molecule has 1 heterocycles. The molecular weight excluding hydrogens is 439 g/mol. The molecule has 4 rings (SSSR count). The lowest BCUT2D eigenvalue weighted by molar-refractivity contribution is 0.102. The summed E-state index contributed by atoms with van der Waals surface area (Å²) in [6, 6.07) is 23.1. The number of hydrogen-bond donors (Lipinski definition) is 1. The number of nitrogens with one attached hydrogen (secondary N) is 1. The van der Waals surface area contributed by atoms with Gasteiger partial charge in [-0.3, -0.25) is 4.79 Å². The highest BCUT2D eigenvalue weighted by Gasteiger charge is 2.09. The molecule has 0 saturated heterocycles. The number of aromatic nitrogens is 3. The van der Waals surface area contributed by atoms with E-state index in [4.69, 9.17) is 0 Å². The van der Waals surface area contributed by atoms with E-state index in [2.05, 4.69) is 38.2 Å². The Morgan fingerprint density at radius 3 is 2.50 bits per heavy atom. The van der Waals surface area contributed by atoms with Crippen molar-refractivity contribution in [2.24, 2.45) is 0 Å². The third-order valence-corrected chi connectivity index (χ3v) is 5.03. The van der Waals surface area contributed by atoms with Crippen LogP contribution in [0.25, 0.3) is 11.0 Å². The molecule has 1 N–H and O–H groups in total. The number of amides is 1. The highest BCUT2D eigenvalue weighted by atomic mass is 127. The fourth-order valence-electron chi connectivity index (χ4n) is 2.73. The minimum atomic E-state index is -0.119. The van der Waals surface area contributed by atoms with Crippen LogP contribution in [-0.2, 0) is 6.54 Å². The van der Waals surface area contributed by atoms with E-state index < -0.39 is 0 Å². The maximum absolute atomic E-state index is 12.4. The fraction of sp³-hybridized carbons (Fsp3) is 0.0500. The van der Waals surface area contributed by atoms with Gasteiger partial charge in [0.25, 0.3) is 5.91 Å². The number of hydrogen-bond acceptors (Lipinski definition) is 3. The van der Waals surface area contributed by atoms with Gasteiger partial charge in [-0.2, -0.15) is 0 Å². The Bertz CT molecular complexity index is 1070. The highest BCUT2D eigenvalue weighted by molar-refractivity contribution is 14.1. The second-order valence-corrected chi connectivity index (χ2v) is 7.03. The molecule has 0 bridgehead atoms. The van der Waals surface area contributed by atoms with Gasteiger partial charge in [0, 0.05) is 9.13 Å². The molecule has 5 nitrogen and oxygen atoms in total. The summed E-state index contributed by atoms with van der Waals surface area (Å²) in [5.41, 5.74) is 4.37. The SMILES string of the molecule is O=C(Nc1ccccc1I)c1ccc(Cn2nnc3ccccc32)cc1. The maximum Gasteiger partial charge on any atom is 0.255 e. The first-order valence-electron chi connectivity index (χ1n) is 8.14. The van der Waals surface area contributed by atoms with Gasteiger partial charge in [-0.25, -0.2) is 4.68 Å². The zero-order valence-corrected chi connectivity index (χ0v) is 15.9. The van der Waals surface area contributed by atoms with Crippen molar-refractivity contribution in [2.45, 2.75) is 6.54 Å². The number of halogens is 1. The monoisotopic (exact) mass is 454 g/mol. The molecular formula is C20H15IN4O. The summed E-state index contributed by atoms with van der Waals surface area (Å²) in [6.07, 6.45) is 0. The third-order valence-electron chi connectivity index (χ3n) is 4.09. The quantitative estimate of drug-likeness (QED) is 0.467. The highest BCUT2D eigenvalue weighted by Crippen LogP contribution is 2.18. The van der Waals surface area contributed by atoms with Crippen LogP contribution in [-0.4, -0.2) is 20.9 Å². The molecule has 0 saturated carbocycles. The Morgan fingerprint density at radius 1 is 0.962 bits per heavy atom. The Balaban J connectivity index is 1.50. The summed E-state index contributed by atoms with van der Waals surface area (Å²) < 4.78 is 2.87. The van der Waals surface area contributed by atoms with Gasteiger partial charge in [-0.15, -0.1) is 5.10 Å². The van der Waals surface area contributed by atoms with Crippen molar-refractivity contribution >= 4 is 45.2 Å². The van der Waals surface area contributed by atoms with Crippen LogP contribution in [0.15, 0.2) is 72.8 Å². The van der Waals surface area contributed by atoms with E-state index in [-0.39, 0.29) is 5.91 Å². The van der Waals surface area contributed by atoms with Crippen LogP contribution in [0, 0.1) is 3.57 Å². The first kappa shape index (κ1) is 16.7. The second-order valence-electron chi connectivity index (χ2n) is 5.87. The molecule has 0 fully saturated rings. The van der Waals surface area contributed by atoms with E-state index in [1.165, 1.54) is 0 Å². The van der Waals surface area contributed by atoms with Crippen LogP contribution in [0.4, 0.5) is 5.69 Å². The molecule has 26 heavy (non-hydrogen) atoms. The van der Waals surface area contributed by atoms with Crippen molar-refractivity contribution in [1.82, 2.24) is 15.0 Å². The van der Waals surface area contributed by atoms with Crippen molar-refractivity contribution in [2.75, 3.05) is 5.32 Å². The van der Waals surface area contributed by atoms with Crippen molar-refractivity contribution < 1.29 is 4.79 Å². The van der Waals surface area contributed by atoms with Crippen LogP contribution >= 0.6 is 22.6 Å². The molecule has 4 aromatic rings. The van der Waals surface area contributed by atoms with Crippen molar-refractivity contribution in [1.29, 1.82) is 0 Å². The predicted octanol–water partition coefficient (Wildman–Crippen LogP) is 4.34. The topological polar surface area (TPSA) is 59.8 Å². The van der Waals surface area contributed by atoms with Gasteiger partial charge in [0.2, 0.25) is 0 Å². The van der Waals surface area contributed by atoms with Gasteiger partial charge in [0.05, 0.1) is 17.7 Å². The van der Waals surface area contributed by atoms with Gasteiger partial charge >= 0.3 is 0 Å². The number of nitrogens with zero attached hydrogens (tertiary/aromatic N) is 3. The summed E-state index contributed by atoms with van der Waals surface area (Å²) in [4.78, 5) is 12.4. The number of rotatable bonds is 4. The Hall–Kier alpha value is -2.74. The van der Waals surface area contributed by atoms with Gasteiger partial charge in [0.1, 0.15) is 5.52 Å². The summed E-state index contributed by atoms with van der Waals surface area (Å²) in [5, 5.41) is 11.3. The molecule has 0 aliphatic heterocycles. The standard InChI is InChI=1S/C20H15IN4O/c21-16-5-1-2-6-17(16)22-20(26)15-11-9-14(10-12-15)13-25-19-8-4-3-7-18(19)23-24-25/h1-12H,13H2,(H,22,26). The molecule has 128 valence electrons. The average Bonchev–Trinajstić information content (AvgIpc) is 3.07. The zero-order chi connectivity index (χ0) is 17.9. The lowest BCUT2D eigenvalue weighted by Crippen LogP contribution is -2.13. The fourth-order valence-corrected chi connectivity index (χ4v) is 3.25. The number of para-hydroxylation sites is 2. The average molecular weight is 454 g/mol. The Labute approximate surface area is 164 Å². The zero-order valence-electron chi connectivity index (χ0n) is 13.8. The van der Waals surface area contributed by atoms with Crippen LogP contribution in [0.3, 0.4) is 0 Å². The van der Waals surface area contributed by atoms with E-state index in [0.717, 1.165) is 25.9 Å². The first-order valence-corrected chi connectivity index (χ1v) is 9.21. The van der Waals surface area contributed by atoms with Crippen LogP contribution < -0.4 is 5.32 Å². The van der Waals surface area contributed by atoms with Gasteiger partial charge < -0.3 is 5.32 Å². The number of anilines is 1. The number of fused-ring (bicyclic) bond motifs is 1. The largest absolute Gasteiger partial charge is 0.321 e. The maximum atomic E-state index is 12.4. The third kappa shape index (κ3) is 3.45. The predicted molar refractivity (Wildman–Crippen MR) is 110 cm³/mol. The van der Waals surface area contributed by atoms with Crippen molar-refractivity contribution in [3.63, 3.8) is 0 Å². The Kier molecular flexibility index (Phi) is 4.66.